The Balaban J connectivity index is 2.88. The van der Waals surface area contributed by atoms with Gasteiger partial charge in [-0.3, -0.25) is 4.79 Å². The van der Waals surface area contributed by atoms with Crippen LogP contribution in [-0.2, 0) is 4.79 Å². The van der Waals surface area contributed by atoms with Crippen LogP contribution in [0.2, 0.25) is 0 Å². The second kappa shape index (κ2) is 7.42. The standard InChI is InChI=1S/C13H15F2NO4/c1-2-5-9(12(18)19)16-11(17)8-6-3-4-7-10(8)20-13(14)15/h3-4,6-7,9,13H,2,5H2,1H3,(H,16,17)(H,18,19). The maximum absolute atomic E-state index is 12.2. The zero-order valence-electron chi connectivity index (χ0n) is 10.8. The number of carboxylic acids is 1. The van der Waals surface area contributed by atoms with E-state index < -0.39 is 24.5 Å². The molecule has 1 atom stereocenters. The number of halogens is 2. The number of benzene rings is 1. The minimum atomic E-state index is -3.06. The summed E-state index contributed by atoms with van der Waals surface area (Å²) in [5.41, 5.74) is -0.129. The number of alkyl halides is 2. The molecule has 0 saturated carbocycles. The van der Waals surface area contributed by atoms with E-state index in [-0.39, 0.29) is 17.7 Å². The summed E-state index contributed by atoms with van der Waals surface area (Å²) in [6.45, 7) is -1.29. The molecular formula is C13H15F2NO4. The van der Waals surface area contributed by atoms with Crippen molar-refractivity contribution >= 4 is 11.9 Å². The summed E-state index contributed by atoms with van der Waals surface area (Å²) in [5, 5.41) is 11.2. The molecule has 1 unspecified atom stereocenters. The van der Waals surface area contributed by atoms with Crippen molar-refractivity contribution in [3.63, 3.8) is 0 Å². The van der Waals surface area contributed by atoms with Crippen molar-refractivity contribution in [2.45, 2.75) is 32.4 Å². The molecule has 0 radical (unpaired) electrons. The molecule has 0 aliphatic heterocycles. The summed E-state index contributed by atoms with van der Waals surface area (Å²) in [6.07, 6.45) is 0.811. The summed E-state index contributed by atoms with van der Waals surface area (Å²) in [6, 6.07) is 4.36. The molecule has 110 valence electrons. The lowest BCUT2D eigenvalue weighted by Crippen LogP contribution is -2.40. The van der Waals surface area contributed by atoms with E-state index in [0.29, 0.717) is 6.42 Å². The van der Waals surface area contributed by atoms with Crippen LogP contribution in [-0.4, -0.2) is 29.6 Å². The number of hydrogen-bond acceptors (Lipinski definition) is 3. The third kappa shape index (κ3) is 4.49. The van der Waals surface area contributed by atoms with Crippen LogP contribution in [0.15, 0.2) is 24.3 Å². The zero-order chi connectivity index (χ0) is 15.1. The third-order valence-electron chi connectivity index (χ3n) is 2.53. The van der Waals surface area contributed by atoms with E-state index >= 15 is 0 Å². The summed E-state index contributed by atoms with van der Waals surface area (Å²) in [5.74, 6) is -2.23. The van der Waals surface area contributed by atoms with Crippen LogP contribution in [0.1, 0.15) is 30.1 Å². The molecule has 5 nitrogen and oxygen atoms in total. The average molecular weight is 287 g/mol. The number of carbonyl (C=O) groups is 2. The molecule has 0 bridgehead atoms. The summed E-state index contributed by atoms with van der Waals surface area (Å²) in [4.78, 5) is 22.9. The minimum absolute atomic E-state index is 0.129. The van der Waals surface area contributed by atoms with Crippen LogP contribution in [0, 0.1) is 0 Å². The van der Waals surface area contributed by atoms with Gasteiger partial charge in [0.05, 0.1) is 5.56 Å². The Labute approximate surface area is 114 Å². The molecule has 1 amide bonds. The van der Waals surface area contributed by atoms with E-state index in [1.165, 1.54) is 24.3 Å². The van der Waals surface area contributed by atoms with Crippen molar-refractivity contribution < 1.29 is 28.2 Å². The van der Waals surface area contributed by atoms with Crippen molar-refractivity contribution in [2.75, 3.05) is 0 Å². The van der Waals surface area contributed by atoms with Gasteiger partial charge in [-0.2, -0.15) is 8.78 Å². The van der Waals surface area contributed by atoms with Gasteiger partial charge in [0, 0.05) is 0 Å². The van der Waals surface area contributed by atoms with Crippen molar-refractivity contribution in [2.24, 2.45) is 0 Å². The molecule has 0 spiro atoms. The quantitative estimate of drug-likeness (QED) is 0.806. The molecule has 0 aromatic heterocycles. The average Bonchev–Trinajstić information content (AvgIpc) is 2.37. The lowest BCUT2D eigenvalue weighted by molar-refractivity contribution is -0.139. The van der Waals surface area contributed by atoms with Crippen LogP contribution < -0.4 is 10.1 Å². The van der Waals surface area contributed by atoms with Gasteiger partial charge in [0.25, 0.3) is 5.91 Å². The molecule has 20 heavy (non-hydrogen) atoms. The normalized spacial score (nSPS) is 12.0. The van der Waals surface area contributed by atoms with Crippen molar-refractivity contribution in [1.82, 2.24) is 5.32 Å². The zero-order valence-corrected chi connectivity index (χ0v) is 10.8. The molecule has 7 heteroatoms. The predicted octanol–water partition coefficient (Wildman–Crippen LogP) is 2.27. The molecule has 1 rings (SSSR count). The van der Waals surface area contributed by atoms with Gasteiger partial charge in [-0.1, -0.05) is 25.5 Å². The molecular weight excluding hydrogens is 272 g/mol. The van der Waals surface area contributed by atoms with Crippen molar-refractivity contribution in [3.05, 3.63) is 29.8 Å². The van der Waals surface area contributed by atoms with Gasteiger partial charge in [-0.05, 0) is 18.6 Å². The van der Waals surface area contributed by atoms with Crippen LogP contribution >= 0.6 is 0 Å². The van der Waals surface area contributed by atoms with E-state index in [0.717, 1.165) is 0 Å². The highest BCUT2D eigenvalue weighted by molar-refractivity contribution is 5.98. The lowest BCUT2D eigenvalue weighted by atomic mass is 10.1. The first kappa shape index (κ1) is 15.9. The monoisotopic (exact) mass is 287 g/mol. The predicted molar refractivity (Wildman–Crippen MR) is 66.9 cm³/mol. The minimum Gasteiger partial charge on any atom is -0.480 e. The van der Waals surface area contributed by atoms with Gasteiger partial charge in [-0.25, -0.2) is 4.79 Å². The van der Waals surface area contributed by atoms with E-state index in [2.05, 4.69) is 10.1 Å². The van der Waals surface area contributed by atoms with Gasteiger partial charge in [-0.15, -0.1) is 0 Å². The molecule has 0 saturated heterocycles. The molecule has 0 fully saturated rings. The maximum atomic E-state index is 12.2. The van der Waals surface area contributed by atoms with Gasteiger partial charge < -0.3 is 15.2 Å². The highest BCUT2D eigenvalue weighted by atomic mass is 19.3. The van der Waals surface area contributed by atoms with Crippen LogP contribution in [0.4, 0.5) is 8.78 Å². The lowest BCUT2D eigenvalue weighted by Gasteiger charge is -2.15. The summed E-state index contributed by atoms with van der Waals surface area (Å²) >= 11 is 0. The molecule has 0 aliphatic carbocycles. The number of carbonyl (C=O) groups excluding carboxylic acids is 1. The van der Waals surface area contributed by atoms with Crippen LogP contribution in [0.3, 0.4) is 0 Å². The number of para-hydroxylation sites is 1. The smallest absolute Gasteiger partial charge is 0.387 e. The Hall–Kier alpha value is -2.18. The second-order valence-electron chi connectivity index (χ2n) is 4.03. The topological polar surface area (TPSA) is 75.6 Å². The van der Waals surface area contributed by atoms with E-state index in [9.17, 15) is 18.4 Å². The third-order valence-corrected chi connectivity index (χ3v) is 2.53. The number of ether oxygens (including phenoxy) is 1. The Morgan fingerprint density at radius 1 is 1.35 bits per heavy atom. The fraction of sp³-hybridized carbons (Fsp3) is 0.385. The van der Waals surface area contributed by atoms with E-state index in [1.54, 1.807) is 6.92 Å². The second-order valence-corrected chi connectivity index (χ2v) is 4.03. The van der Waals surface area contributed by atoms with Crippen LogP contribution in [0.25, 0.3) is 0 Å². The fourth-order valence-corrected chi connectivity index (χ4v) is 1.64. The fourth-order valence-electron chi connectivity index (χ4n) is 1.64. The number of amides is 1. The Morgan fingerprint density at radius 3 is 2.55 bits per heavy atom. The number of carboxylic acid groups (broad SMARTS) is 1. The molecule has 1 aromatic rings. The van der Waals surface area contributed by atoms with E-state index in [1.807, 2.05) is 0 Å². The van der Waals surface area contributed by atoms with Gasteiger partial charge in [0.15, 0.2) is 0 Å². The molecule has 0 heterocycles. The van der Waals surface area contributed by atoms with Crippen molar-refractivity contribution in [1.29, 1.82) is 0 Å². The van der Waals surface area contributed by atoms with Crippen molar-refractivity contribution in [3.8, 4) is 5.75 Å². The summed E-state index contributed by atoms with van der Waals surface area (Å²) in [7, 11) is 0. The van der Waals surface area contributed by atoms with Gasteiger partial charge >= 0.3 is 12.6 Å². The first-order valence-corrected chi connectivity index (χ1v) is 6.03. The molecule has 2 N–H and O–H groups in total. The number of rotatable bonds is 7. The highest BCUT2D eigenvalue weighted by Gasteiger charge is 2.22. The Kier molecular flexibility index (Phi) is 5.89. The summed E-state index contributed by atoms with van der Waals surface area (Å²) < 4.78 is 28.7. The highest BCUT2D eigenvalue weighted by Crippen LogP contribution is 2.20. The number of nitrogens with one attached hydrogen (secondary N) is 1. The van der Waals surface area contributed by atoms with Gasteiger partial charge in [0.2, 0.25) is 0 Å². The Morgan fingerprint density at radius 2 is 2.00 bits per heavy atom. The maximum Gasteiger partial charge on any atom is 0.387 e. The largest absolute Gasteiger partial charge is 0.480 e. The first-order chi connectivity index (χ1) is 9.45. The Bertz CT molecular complexity index is 479. The number of hydrogen-bond donors (Lipinski definition) is 2. The molecule has 1 aromatic carbocycles. The van der Waals surface area contributed by atoms with Crippen LogP contribution in [0.5, 0.6) is 5.75 Å². The molecule has 0 aliphatic rings. The van der Waals surface area contributed by atoms with Gasteiger partial charge in [0.1, 0.15) is 11.8 Å². The van der Waals surface area contributed by atoms with E-state index in [4.69, 9.17) is 5.11 Å². The first-order valence-electron chi connectivity index (χ1n) is 6.03. The SMILES string of the molecule is CCCC(NC(=O)c1ccccc1OC(F)F)C(=O)O. The number of aliphatic carboxylic acids is 1.